The summed E-state index contributed by atoms with van der Waals surface area (Å²) in [5, 5.41) is 3.77. The second-order valence-electron chi connectivity index (χ2n) is 6.84. The van der Waals surface area contributed by atoms with E-state index < -0.39 is 0 Å². The van der Waals surface area contributed by atoms with E-state index >= 15 is 0 Å². The molecule has 3 atom stereocenters. The summed E-state index contributed by atoms with van der Waals surface area (Å²) in [6.07, 6.45) is 7.47. The maximum absolute atomic E-state index is 4.40. The van der Waals surface area contributed by atoms with E-state index in [1.165, 1.54) is 24.9 Å². The number of nitrogens with one attached hydrogen (secondary N) is 1. The molecule has 0 saturated heterocycles. The Balaban J connectivity index is 1.81. The summed E-state index contributed by atoms with van der Waals surface area (Å²) < 4.78 is 0. The second-order valence-corrected chi connectivity index (χ2v) is 6.84. The molecule has 0 aliphatic heterocycles. The zero-order valence-electron chi connectivity index (χ0n) is 13.2. The van der Waals surface area contributed by atoms with Gasteiger partial charge in [-0.1, -0.05) is 27.2 Å². The molecule has 1 fully saturated rings. The quantitative estimate of drug-likeness (QED) is 0.901. The zero-order chi connectivity index (χ0) is 14.8. The van der Waals surface area contributed by atoms with Crippen LogP contribution < -0.4 is 5.32 Å². The van der Waals surface area contributed by atoms with Crippen molar-refractivity contribution < 1.29 is 0 Å². The van der Waals surface area contributed by atoms with Crippen LogP contribution in [0.2, 0.25) is 0 Å². The van der Waals surface area contributed by atoms with Crippen LogP contribution in [0.15, 0.2) is 30.6 Å². The predicted molar refractivity (Wildman–Crippen MR) is 88.3 cm³/mol. The lowest BCUT2D eigenvalue weighted by atomic mass is 9.74. The van der Waals surface area contributed by atoms with E-state index in [4.69, 9.17) is 0 Å². The smallest absolute Gasteiger partial charge is 0.0907 e. The Kier molecular flexibility index (Phi) is 4.09. The molecule has 0 amide bonds. The Morgan fingerprint density at radius 3 is 2.62 bits per heavy atom. The molecule has 1 heterocycles. The van der Waals surface area contributed by atoms with Gasteiger partial charge in [0.1, 0.15) is 0 Å². The molecule has 1 N–H and O–H groups in total. The summed E-state index contributed by atoms with van der Waals surface area (Å²) in [5.74, 6) is 2.31. The molecule has 3 heteroatoms. The number of hydrogen-bond donors (Lipinski definition) is 1. The molecule has 21 heavy (non-hydrogen) atoms. The molecule has 1 aromatic carbocycles. The highest BCUT2D eigenvalue weighted by molar-refractivity contribution is 5.78. The second kappa shape index (κ2) is 6.00. The normalized spacial score (nSPS) is 26.2. The van der Waals surface area contributed by atoms with Crippen molar-refractivity contribution in [1.29, 1.82) is 0 Å². The number of nitrogens with zero attached hydrogens (tertiary/aromatic N) is 2. The summed E-state index contributed by atoms with van der Waals surface area (Å²) in [4.78, 5) is 8.74. The molecular weight excluding hydrogens is 258 g/mol. The third-order valence-electron chi connectivity index (χ3n) is 4.84. The van der Waals surface area contributed by atoms with E-state index in [-0.39, 0.29) is 0 Å². The first-order valence-corrected chi connectivity index (χ1v) is 8.11. The van der Waals surface area contributed by atoms with Gasteiger partial charge in [-0.25, -0.2) is 0 Å². The lowest BCUT2D eigenvalue weighted by molar-refractivity contribution is 0.212. The van der Waals surface area contributed by atoms with Crippen LogP contribution in [0.4, 0.5) is 5.69 Å². The molecule has 0 radical (unpaired) electrons. The lowest BCUT2D eigenvalue weighted by Crippen LogP contribution is -2.37. The summed E-state index contributed by atoms with van der Waals surface area (Å²) in [7, 11) is 0. The predicted octanol–water partition coefficient (Wildman–Crippen LogP) is 4.50. The molecular formula is C18H25N3. The molecule has 3 unspecified atom stereocenters. The highest BCUT2D eigenvalue weighted by Crippen LogP contribution is 2.35. The van der Waals surface area contributed by atoms with E-state index in [2.05, 4.69) is 54.3 Å². The van der Waals surface area contributed by atoms with E-state index in [1.807, 2.05) is 0 Å². The molecule has 0 bridgehead atoms. The van der Waals surface area contributed by atoms with Crippen molar-refractivity contribution >= 4 is 16.7 Å². The fraction of sp³-hybridized carbons (Fsp3) is 0.556. The van der Waals surface area contributed by atoms with Crippen molar-refractivity contribution in [2.24, 2.45) is 17.8 Å². The summed E-state index contributed by atoms with van der Waals surface area (Å²) in [6.45, 7) is 7.07. The van der Waals surface area contributed by atoms with Crippen LogP contribution in [0.1, 0.15) is 40.0 Å². The Labute approximate surface area is 127 Å². The van der Waals surface area contributed by atoms with Crippen molar-refractivity contribution in [1.82, 2.24) is 9.97 Å². The summed E-state index contributed by atoms with van der Waals surface area (Å²) >= 11 is 0. The van der Waals surface area contributed by atoms with Crippen LogP contribution in [0.25, 0.3) is 11.0 Å². The minimum absolute atomic E-state index is 0.572. The fourth-order valence-corrected chi connectivity index (χ4v) is 3.64. The minimum atomic E-state index is 0.572. The fourth-order valence-electron chi connectivity index (χ4n) is 3.64. The topological polar surface area (TPSA) is 37.8 Å². The maximum Gasteiger partial charge on any atom is 0.0907 e. The van der Waals surface area contributed by atoms with Crippen molar-refractivity contribution in [3.63, 3.8) is 0 Å². The van der Waals surface area contributed by atoms with Gasteiger partial charge in [-0.3, -0.25) is 9.97 Å². The molecule has 112 valence electrons. The number of hydrogen-bond acceptors (Lipinski definition) is 3. The minimum Gasteiger partial charge on any atom is -0.382 e. The van der Waals surface area contributed by atoms with Crippen molar-refractivity contribution in [3.05, 3.63) is 30.6 Å². The van der Waals surface area contributed by atoms with Gasteiger partial charge >= 0.3 is 0 Å². The highest BCUT2D eigenvalue weighted by atomic mass is 14.9. The standard InChI is InChI=1S/C18H25N3/c1-12(2)15-6-4-13(3)10-17(15)21-14-5-7-16-18(11-14)20-9-8-19-16/h5,7-9,11-13,15,17,21H,4,6,10H2,1-3H3. The number of benzene rings is 1. The lowest BCUT2D eigenvalue weighted by Gasteiger charge is -2.38. The van der Waals surface area contributed by atoms with Gasteiger partial charge in [0.15, 0.2) is 0 Å². The van der Waals surface area contributed by atoms with Gasteiger partial charge in [-0.15, -0.1) is 0 Å². The van der Waals surface area contributed by atoms with Crippen LogP contribution in [0, 0.1) is 17.8 Å². The third-order valence-corrected chi connectivity index (χ3v) is 4.84. The molecule has 1 aliphatic carbocycles. The zero-order valence-corrected chi connectivity index (χ0v) is 13.2. The van der Waals surface area contributed by atoms with Crippen LogP contribution in [0.5, 0.6) is 0 Å². The molecule has 0 spiro atoms. The first-order valence-electron chi connectivity index (χ1n) is 8.11. The third kappa shape index (κ3) is 3.17. The van der Waals surface area contributed by atoms with Crippen LogP contribution in [-0.4, -0.2) is 16.0 Å². The molecule has 3 nitrogen and oxygen atoms in total. The molecule has 1 aliphatic rings. The number of fused-ring (bicyclic) bond motifs is 1. The average Bonchev–Trinajstić information content (AvgIpc) is 2.47. The Hall–Kier alpha value is -1.64. The van der Waals surface area contributed by atoms with Gasteiger partial charge in [0.2, 0.25) is 0 Å². The van der Waals surface area contributed by atoms with Gasteiger partial charge in [-0.05, 0) is 48.8 Å². The van der Waals surface area contributed by atoms with E-state index in [0.717, 1.165) is 28.8 Å². The van der Waals surface area contributed by atoms with Crippen molar-refractivity contribution in [2.75, 3.05) is 5.32 Å². The van der Waals surface area contributed by atoms with Gasteiger partial charge in [-0.2, -0.15) is 0 Å². The molecule has 2 aromatic rings. The van der Waals surface area contributed by atoms with E-state index in [9.17, 15) is 0 Å². The van der Waals surface area contributed by atoms with Crippen LogP contribution >= 0.6 is 0 Å². The van der Waals surface area contributed by atoms with Gasteiger partial charge in [0.25, 0.3) is 0 Å². The van der Waals surface area contributed by atoms with Gasteiger partial charge in [0, 0.05) is 24.1 Å². The molecule has 1 saturated carbocycles. The summed E-state index contributed by atoms with van der Waals surface area (Å²) in [5.41, 5.74) is 3.10. The molecule has 1 aromatic heterocycles. The van der Waals surface area contributed by atoms with Gasteiger partial charge in [0.05, 0.1) is 11.0 Å². The Morgan fingerprint density at radius 2 is 1.86 bits per heavy atom. The van der Waals surface area contributed by atoms with Crippen LogP contribution in [-0.2, 0) is 0 Å². The number of aromatic nitrogens is 2. The number of rotatable bonds is 3. The largest absolute Gasteiger partial charge is 0.382 e. The highest BCUT2D eigenvalue weighted by Gasteiger charge is 2.30. The van der Waals surface area contributed by atoms with E-state index in [0.29, 0.717) is 6.04 Å². The maximum atomic E-state index is 4.40. The Morgan fingerprint density at radius 1 is 1.10 bits per heavy atom. The summed E-state index contributed by atoms with van der Waals surface area (Å²) in [6, 6.07) is 6.89. The number of anilines is 1. The van der Waals surface area contributed by atoms with Gasteiger partial charge < -0.3 is 5.32 Å². The first kappa shape index (κ1) is 14.3. The molecule has 3 rings (SSSR count). The monoisotopic (exact) mass is 283 g/mol. The van der Waals surface area contributed by atoms with Crippen molar-refractivity contribution in [2.45, 2.75) is 46.1 Å². The van der Waals surface area contributed by atoms with E-state index in [1.54, 1.807) is 12.4 Å². The first-order chi connectivity index (χ1) is 10.1. The SMILES string of the molecule is CC1CCC(C(C)C)C(Nc2ccc3nccnc3c2)C1. The van der Waals surface area contributed by atoms with Crippen LogP contribution in [0.3, 0.4) is 0 Å². The van der Waals surface area contributed by atoms with Crippen molar-refractivity contribution in [3.8, 4) is 0 Å². The Bertz CT molecular complexity index is 608. The average molecular weight is 283 g/mol.